The van der Waals surface area contributed by atoms with Gasteiger partial charge in [-0.1, -0.05) is 47.5 Å². The van der Waals surface area contributed by atoms with Crippen LogP contribution in [-0.2, 0) is 9.22 Å². The molecule has 2 N–H and O–H groups in total. The van der Waals surface area contributed by atoms with Crippen molar-refractivity contribution in [2.75, 3.05) is 6.54 Å². The lowest BCUT2D eigenvalue weighted by atomic mass is 9.52. The largest absolute Gasteiger partial charge is 0.417 e. The number of nitrogens with one attached hydrogen (secondary N) is 1. The maximum Gasteiger partial charge on any atom is 0.417 e. The summed E-state index contributed by atoms with van der Waals surface area (Å²) in [7, 11) is -1.89. The van der Waals surface area contributed by atoms with Gasteiger partial charge in [0.15, 0.2) is 13.9 Å². The van der Waals surface area contributed by atoms with E-state index in [1.54, 1.807) is 0 Å². The van der Waals surface area contributed by atoms with Gasteiger partial charge in [0.05, 0.1) is 6.42 Å². The lowest BCUT2D eigenvalue weighted by Gasteiger charge is -2.56. The quantitative estimate of drug-likeness (QED) is 0.401. The van der Waals surface area contributed by atoms with Crippen LogP contribution in [0, 0.1) is 23.2 Å². The van der Waals surface area contributed by atoms with Gasteiger partial charge in [0.1, 0.15) is 0 Å². The summed E-state index contributed by atoms with van der Waals surface area (Å²) in [5.41, 5.74) is -2.91. The van der Waals surface area contributed by atoms with Gasteiger partial charge < -0.3 is 14.8 Å². The highest BCUT2D eigenvalue weighted by Crippen LogP contribution is 2.57. The van der Waals surface area contributed by atoms with E-state index < -0.39 is 32.4 Å². The highest BCUT2D eigenvalue weighted by molar-refractivity contribution is 6.74. The van der Waals surface area contributed by atoms with Crippen LogP contribution in [0.3, 0.4) is 0 Å². The van der Waals surface area contributed by atoms with E-state index >= 15 is 0 Å². The molecule has 2 aliphatic rings. The average Bonchev–Trinajstić information content (AvgIpc) is 2.63. The van der Waals surface area contributed by atoms with Gasteiger partial charge >= 0.3 is 6.18 Å². The van der Waals surface area contributed by atoms with E-state index in [4.69, 9.17) is 4.43 Å². The number of halogens is 3. The number of hydrogen-bond donors (Lipinski definition) is 2. The first kappa shape index (κ1) is 28.6. The molecule has 0 heterocycles. The molecule has 0 radical (unpaired) electrons. The van der Waals surface area contributed by atoms with Crippen LogP contribution in [-0.4, -0.2) is 43.8 Å². The Labute approximate surface area is 199 Å². The molecule has 0 spiro atoms. The van der Waals surface area contributed by atoms with Crippen LogP contribution in [0.5, 0.6) is 0 Å². The van der Waals surface area contributed by atoms with Gasteiger partial charge in [0, 0.05) is 12.6 Å². The summed E-state index contributed by atoms with van der Waals surface area (Å²) in [6.07, 6.45) is 1.13. The number of fused-ring (bicyclic) bond motifs is 1. The molecule has 2 fully saturated rings. The molecular formula is C25H46F3NO3Si. The molecule has 8 heteroatoms. The molecule has 0 saturated heterocycles. The standard InChI is InChI=1S/C25H46F3NO3Si/c1-17(16-29-21(30)15-24(6,31)25(26,27)28)18-11-9-12-19-20(13-10-14-23(18,19)5)32-33(7,8)22(2,3)4/h17-20,31H,9-16H2,1-8H3,(H,29,30)/t17-,18-,19+,20+,23-,24+/m1/s1. The monoisotopic (exact) mass is 493 g/mol. The summed E-state index contributed by atoms with van der Waals surface area (Å²) in [5, 5.41) is 12.4. The van der Waals surface area contributed by atoms with Gasteiger partial charge in [0.25, 0.3) is 0 Å². The number of carbonyl (C=O) groups excluding carboxylic acids is 1. The first-order valence-electron chi connectivity index (χ1n) is 12.6. The second-order valence-corrected chi connectivity index (χ2v) is 17.4. The van der Waals surface area contributed by atoms with Crippen LogP contribution >= 0.6 is 0 Å². The van der Waals surface area contributed by atoms with Crippen LogP contribution in [0.25, 0.3) is 0 Å². The van der Waals surface area contributed by atoms with Crippen molar-refractivity contribution >= 4 is 14.2 Å². The zero-order chi connectivity index (χ0) is 25.5. The Hall–Kier alpha value is -0.603. The van der Waals surface area contributed by atoms with Gasteiger partial charge in [-0.15, -0.1) is 0 Å². The fourth-order valence-electron chi connectivity index (χ4n) is 5.88. The minimum atomic E-state index is -4.83. The predicted octanol–water partition coefficient (Wildman–Crippen LogP) is 6.44. The van der Waals surface area contributed by atoms with Crippen LogP contribution < -0.4 is 5.32 Å². The Morgan fingerprint density at radius 1 is 1.15 bits per heavy atom. The molecule has 0 bridgehead atoms. The van der Waals surface area contributed by atoms with Crippen molar-refractivity contribution in [2.24, 2.45) is 23.2 Å². The number of hydrogen-bond acceptors (Lipinski definition) is 3. The molecule has 0 aromatic rings. The zero-order valence-electron chi connectivity index (χ0n) is 21.9. The second kappa shape index (κ2) is 9.80. The van der Waals surface area contributed by atoms with Gasteiger partial charge in [-0.25, -0.2) is 0 Å². The van der Waals surface area contributed by atoms with Crippen LogP contribution in [0.4, 0.5) is 13.2 Å². The van der Waals surface area contributed by atoms with E-state index in [2.05, 4.69) is 53.0 Å². The number of amides is 1. The number of alkyl halides is 3. The summed E-state index contributed by atoms with van der Waals surface area (Å²) >= 11 is 0. The highest BCUT2D eigenvalue weighted by atomic mass is 28.4. The van der Waals surface area contributed by atoms with E-state index in [1.165, 1.54) is 0 Å². The molecule has 33 heavy (non-hydrogen) atoms. The highest BCUT2D eigenvalue weighted by Gasteiger charge is 2.53. The van der Waals surface area contributed by atoms with Crippen molar-refractivity contribution in [2.45, 2.75) is 123 Å². The molecule has 0 aromatic heterocycles. The fourth-order valence-corrected chi connectivity index (χ4v) is 7.27. The normalized spacial score (nSPS) is 31.9. The van der Waals surface area contributed by atoms with Crippen molar-refractivity contribution in [3.05, 3.63) is 0 Å². The summed E-state index contributed by atoms with van der Waals surface area (Å²) < 4.78 is 45.6. The number of carbonyl (C=O) groups is 1. The molecule has 1 amide bonds. The van der Waals surface area contributed by atoms with Gasteiger partial charge in [-0.3, -0.25) is 4.79 Å². The van der Waals surface area contributed by atoms with Crippen LogP contribution in [0.2, 0.25) is 18.1 Å². The lowest BCUT2D eigenvalue weighted by Crippen LogP contribution is -2.55. The molecular weight excluding hydrogens is 447 g/mol. The van der Waals surface area contributed by atoms with Crippen molar-refractivity contribution in [1.82, 2.24) is 5.32 Å². The Kier molecular flexibility index (Phi) is 8.51. The van der Waals surface area contributed by atoms with Crippen LogP contribution in [0.15, 0.2) is 0 Å². The maximum absolute atomic E-state index is 12.9. The van der Waals surface area contributed by atoms with Gasteiger partial charge in [0.2, 0.25) is 5.91 Å². The third-order valence-corrected chi connectivity index (χ3v) is 13.6. The Morgan fingerprint density at radius 3 is 2.30 bits per heavy atom. The Balaban J connectivity index is 2.07. The van der Waals surface area contributed by atoms with Crippen molar-refractivity contribution in [1.29, 1.82) is 0 Å². The first-order valence-corrected chi connectivity index (χ1v) is 15.5. The summed E-state index contributed by atoms with van der Waals surface area (Å²) in [4.78, 5) is 12.2. The first-order chi connectivity index (χ1) is 14.8. The third kappa shape index (κ3) is 6.34. The topological polar surface area (TPSA) is 58.6 Å². The van der Waals surface area contributed by atoms with Crippen molar-refractivity contribution in [3.63, 3.8) is 0 Å². The number of aliphatic hydroxyl groups is 1. The van der Waals surface area contributed by atoms with E-state index in [0.717, 1.165) is 38.5 Å². The Bertz CT molecular complexity index is 689. The molecule has 2 saturated carbocycles. The average molecular weight is 494 g/mol. The summed E-state index contributed by atoms with van der Waals surface area (Å²) in [5.74, 6) is 0.238. The molecule has 194 valence electrons. The zero-order valence-corrected chi connectivity index (χ0v) is 22.9. The second-order valence-electron chi connectivity index (χ2n) is 12.7. The predicted molar refractivity (Wildman–Crippen MR) is 128 cm³/mol. The molecule has 0 aromatic carbocycles. The fraction of sp³-hybridized carbons (Fsp3) is 0.960. The summed E-state index contributed by atoms with van der Waals surface area (Å²) in [6, 6.07) is 0. The van der Waals surface area contributed by atoms with E-state index in [1.807, 2.05) is 0 Å². The Morgan fingerprint density at radius 2 is 1.76 bits per heavy atom. The smallest absolute Gasteiger partial charge is 0.414 e. The molecule has 4 nitrogen and oxygen atoms in total. The molecule has 0 unspecified atom stereocenters. The molecule has 6 atom stereocenters. The third-order valence-electron chi connectivity index (χ3n) is 9.05. The maximum atomic E-state index is 12.9. The number of rotatable bonds is 7. The van der Waals surface area contributed by atoms with E-state index in [0.29, 0.717) is 25.3 Å². The minimum Gasteiger partial charge on any atom is -0.414 e. The lowest BCUT2D eigenvalue weighted by molar-refractivity contribution is -0.253. The van der Waals surface area contributed by atoms with E-state index in [9.17, 15) is 23.1 Å². The van der Waals surface area contributed by atoms with Crippen molar-refractivity contribution < 1.29 is 27.5 Å². The molecule has 2 rings (SSSR count). The van der Waals surface area contributed by atoms with E-state index in [-0.39, 0.29) is 22.5 Å². The van der Waals surface area contributed by atoms with Crippen LogP contribution in [0.1, 0.15) is 86.5 Å². The van der Waals surface area contributed by atoms with Crippen molar-refractivity contribution in [3.8, 4) is 0 Å². The minimum absolute atomic E-state index is 0.102. The molecule has 0 aliphatic heterocycles. The SMILES string of the molecule is C[C@H](CNC(=O)C[C@](C)(O)C(F)(F)F)[C@H]1CCC[C@H]2[C@@H](O[Si](C)(C)C(C)(C)C)CCC[C@]12C. The van der Waals surface area contributed by atoms with Gasteiger partial charge in [-0.2, -0.15) is 13.2 Å². The summed E-state index contributed by atoms with van der Waals surface area (Å²) in [6.45, 7) is 16.9. The molecule has 2 aliphatic carbocycles. The van der Waals surface area contributed by atoms with Gasteiger partial charge in [-0.05, 0) is 73.9 Å².